The van der Waals surface area contributed by atoms with Gasteiger partial charge in [0.1, 0.15) is 12.4 Å². The number of aliphatic hydroxyl groups excluding tert-OH is 1. The van der Waals surface area contributed by atoms with Gasteiger partial charge in [0.25, 0.3) is 0 Å². The van der Waals surface area contributed by atoms with Crippen molar-refractivity contribution in [3.63, 3.8) is 0 Å². The molecule has 0 aliphatic rings. The second kappa shape index (κ2) is 2.19. The van der Waals surface area contributed by atoms with Crippen molar-refractivity contribution in [3.8, 4) is 0 Å². The van der Waals surface area contributed by atoms with Gasteiger partial charge in [0.05, 0.1) is 0 Å². The van der Waals surface area contributed by atoms with Gasteiger partial charge in [-0.25, -0.2) is 4.98 Å². The summed E-state index contributed by atoms with van der Waals surface area (Å²) >= 11 is 0. The average molecular weight is 125 g/mol. The van der Waals surface area contributed by atoms with Gasteiger partial charge in [0.2, 0.25) is 0 Å². The lowest BCUT2D eigenvalue weighted by molar-refractivity contribution is 0.267. The van der Waals surface area contributed by atoms with Crippen molar-refractivity contribution >= 4 is 0 Å². The molecule has 0 fully saturated rings. The Hall–Kier alpha value is -0.830. The van der Waals surface area contributed by atoms with Gasteiger partial charge in [-0.2, -0.15) is 0 Å². The van der Waals surface area contributed by atoms with E-state index in [1.54, 1.807) is 10.8 Å². The van der Waals surface area contributed by atoms with Gasteiger partial charge in [0.15, 0.2) is 0 Å². The maximum absolute atomic E-state index is 8.62. The first-order valence-corrected chi connectivity index (χ1v) is 2.69. The molecule has 3 nitrogen and oxygen atoms in total. The lowest BCUT2D eigenvalue weighted by Gasteiger charge is -1.96. The summed E-state index contributed by atoms with van der Waals surface area (Å²) in [6, 6.07) is 0. The molecule has 1 aromatic rings. The van der Waals surface area contributed by atoms with Crippen molar-refractivity contribution in [1.82, 2.24) is 9.55 Å². The number of hydrogen-bond acceptors (Lipinski definition) is 2. The first-order valence-electron chi connectivity index (χ1n) is 2.69. The van der Waals surface area contributed by atoms with Crippen LogP contribution in [0.5, 0.6) is 0 Å². The quantitative estimate of drug-likeness (QED) is 0.577. The van der Waals surface area contributed by atoms with Gasteiger partial charge >= 0.3 is 0 Å². The number of aromatic nitrogens is 2. The molecule has 9 heavy (non-hydrogen) atoms. The van der Waals surface area contributed by atoms with Gasteiger partial charge in [-0.15, -0.1) is 0 Å². The normalized spacial score (nSPS) is 10.1. The van der Waals surface area contributed by atoms with Crippen LogP contribution in [0.4, 0.5) is 0 Å². The Balaban J connectivity index is 3.04. The summed E-state index contributed by atoms with van der Waals surface area (Å²) in [5, 5.41) is 8.62. The first kappa shape index (κ1) is 6.29. The minimum Gasteiger partial charge on any atom is -0.388 e. The number of nitrogens with zero attached hydrogens (tertiary/aromatic N) is 2. The summed E-state index contributed by atoms with van der Waals surface area (Å²) in [7, 11) is 1.82. The van der Waals surface area contributed by atoms with Gasteiger partial charge in [-0.1, -0.05) is 0 Å². The summed E-state index contributed by atoms with van der Waals surface area (Å²) < 4.78 is 1.75. The van der Waals surface area contributed by atoms with E-state index in [0.717, 1.165) is 5.69 Å². The summed E-state index contributed by atoms with van der Waals surface area (Å²) in [6.07, 6.45) is 1.63. The van der Waals surface area contributed by atoms with Crippen LogP contribution >= 0.6 is 0 Å². The van der Waals surface area contributed by atoms with E-state index in [4.69, 9.17) is 5.11 Å². The Morgan fingerprint density at radius 1 is 1.89 bits per heavy atom. The molecule has 0 amide bonds. The van der Waals surface area contributed by atoms with Crippen molar-refractivity contribution in [1.29, 1.82) is 0 Å². The Kier molecular flexibility index (Phi) is 1.53. The smallest absolute Gasteiger partial charge is 0.134 e. The van der Waals surface area contributed by atoms with Crippen molar-refractivity contribution in [3.05, 3.63) is 24.6 Å². The van der Waals surface area contributed by atoms with Crippen LogP contribution in [0.3, 0.4) is 0 Å². The predicted molar refractivity (Wildman–Crippen MR) is 33.6 cm³/mol. The highest BCUT2D eigenvalue weighted by molar-refractivity contribution is 5.06. The van der Waals surface area contributed by atoms with E-state index in [9.17, 15) is 0 Å². The molecule has 0 aliphatic carbocycles. The molecule has 1 N–H and O–H groups in total. The monoisotopic (exact) mass is 125 g/mol. The Labute approximate surface area is 54.0 Å². The molecule has 49 valence electrons. The summed E-state index contributed by atoms with van der Waals surface area (Å²) in [5.41, 5.74) is 0.819. The third-order valence-electron chi connectivity index (χ3n) is 1.32. The maximum atomic E-state index is 8.62. The summed E-state index contributed by atoms with van der Waals surface area (Å²) in [6.45, 7) is 3.66. The van der Waals surface area contributed by atoms with Crippen LogP contribution < -0.4 is 0 Å². The highest BCUT2D eigenvalue weighted by Crippen LogP contribution is 1.99. The van der Waals surface area contributed by atoms with Crippen LogP contribution in [0.1, 0.15) is 11.5 Å². The molecule has 0 aromatic carbocycles. The lowest BCUT2D eigenvalue weighted by Crippen LogP contribution is -1.98. The fraction of sp³-hybridized carbons (Fsp3) is 0.333. The second-order valence-corrected chi connectivity index (χ2v) is 1.88. The van der Waals surface area contributed by atoms with Crippen LogP contribution in [0, 0.1) is 6.92 Å². The van der Waals surface area contributed by atoms with Gasteiger partial charge in [0, 0.05) is 18.9 Å². The predicted octanol–water partition coefficient (Wildman–Crippen LogP) is 0.0946. The Morgan fingerprint density at radius 3 is 2.78 bits per heavy atom. The van der Waals surface area contributed by atoms with E-state index in [1.165, 1.54) is 0 Å². The zero-order valence-electron chi connectivity index (χ0n) is 5.33. The first-order chi connectivity index (χ1) is 4.25. The topological polar surface area (TPSA) is 38.1 Å². The van der Waals surface area contributed by atoms with E-state index in [0.29, 0.717) is 5.82 Å². The highest BCUT2D eigenvalue weighted by atomic mass is 16.3. The van der Waals surface area contributed by atoms with Crippen molar-refractivity contribution in [2.75, 3.05) is 0 Å². The molecular weight excluding hydrogens is 116 g/mol. The van der Waals surface area contributed by atoms with E-state index in [1.807, 2.05) is 7.05 Å². The van der Waals surface area contributed by atoms with Gasteiger partial charge < -0.3 is 9.67 Å². The van der Waals surface area contributed by atoms with E-state index < -0.39 is 0 Å². The third kappa shape index (κ3) is 0.954. The molecule has 1 radical (unpaired) electrons. The minimum atomic E-state index is -0.0218. The molecule has 1 aromatic heterocycles. The van der Waals surface area contributed by atoms with E-state index in [2.05, 4.69) is 11.9 Å². The molecule has 0 saturated heterocycles. The molecule has 0 spiro atoms. The van der Waals surface area contributed by atoms with E-state index in [-0.39, 0.29) is 6.61 Å². The van der Waals surface area contributed by atoms with Gasteiger partial charge in [-0.3, -0.25) is 0 Å². The summed E-state index contributed by atoms with van der Waals surface area (Å²) in [4.78, 5) is 3.88. The number of imidazole rings is 1. The average Bonchev–Trinajstić information content (AvgIpc) is 2.15. The molecule has 0 saturated carbocycles. The fourth-order valence-electron chi connectivity index (χ4n) is 0.635. The number of rotatable bonds is 1. The molecule has 0 bridgehead atoms. The van der Waals surface area contributed by atoms with Gasteiger partial charge in [-0.05, 0) is 6.92 Å². The molecule has 1 heterocycles. The van der Waals surface area contributed by atoms with Crippen molar-refractivity contribution < 1.29 is 5.11 Å². The number of hydrogen-bond donors (Lipinski definition) is 1. The van der Waals surface area contributed by atoms with Crippen molar-refractivity contribution in [2.45, 2.75) is 6.61 Å². The molecular formula is C6H9N2O. The standard InChI is InChI=1S/C6H9N2O/c1-5-3-7-6(4-9)8(5)2/h3,9H,1,4H2,2H3. The van der Waals surface area contributed by atoms with Crippen LogP contribution in [0.25, 0.3) is 0 Å². The molecule has 0 atom stereocenters. The van der Waals surface area contributed by atoms with Crippen molar-refractivity contribution in [2.24, 2.45) is 7.05 Å². The molecule has 0 unspecified atom stereocenters. The maximum Gasteiger partial charge on any atom is 0.134 e. The van der Waals surface area contributed by atoms with Crippen LogP contribution in [-0.2, 0) is 13.7 Å². The second-order valence-electron chi connectivity index (χ2n) is 1.88. The summed E-state index contributed by atoms with van der Waals surface area (Å²) in [5.74, 6) is 0.653. The third-order valence-corrected chi connectivity index (χ3v) is 1.32. The fourth-order valence-corrected chi connectivity index (χ4v) is 0.635. The SMILES string of the molecule is [CH2]c1cnc(CO)n1C. The van der Waals surface area contributed by atoms with E-state index >= 15 is 0 Å². The zero-order chi connectivity index (χ0) is 6.85. The largest absolute Gasteiger partial charge is 0.388 e. The Bertz CT molecular complexity index is 205. The van der Waals surface area contributed by atoms with Crippen LogP contribution in [0.2, 0.25) is 0 Å². The lowest BCUT2D eigenvalue weighted by atomic mass is 10.5. The van der Waals surface area contributed by atoms with Crippen LogP contribution in [-0.4, -0.2) is 14.7 Å². The number of aliphatic hydroxyl groups is 1. The molecule has 1 rings (SSSR count). The Morgan fingerprint density at radius 2 is 2.56 bits per heavy atom. The van der Waals surface area contributed by atoms with Crippen LogP contribution in [0.15, 0.2) is 6.20 Å². The molecule has 3 heteroatoms. The minimum absolute atomic E-state index is 0.0218. The zero-order valence-corrected chi connectivity index (χ0v) is 5.33. The highest BCUT2D eigenvalue weighted by Gasteiger charge is 1.98. The molecule has 0 aliphatic heterocycles.